The molecule has 1 saturated carbocycles. The molecule has 2 aliphatic carbocycles. The van der Waals surface area contributed by atoms with Crippen molar-refractivity contribution in [2.75, 3.05) is 0 Å². The van der Waals surface area contributed by atoms with E-state index >= 15 is 0 Å². The Kier molecular flexibility index (Phi) is 5.30. The molecule has 1 atom stereocenters. The maximum atomic E-state index is 5.88. The molecule has 19 heavy (non-hydrogen) atoms. The SMILES string of the molecule is CC1(CC2CCCCCCCC2)C=CC=C(N)C=C1. The predicted molar refractivity (Wildman–Crippen MR) is 83.7 cm³/mol. The highest BCUT2D eigenvalue weighted by atomic mass is 14.6. The molecule has 0 aromatic rings. The van der Waals surface area contributed by atoms with Crippen molar-refractivity contribution < 1.29 is 0 Å². The average Bonchev–Trinajstić information content (AvgIpc) is 2.49. The zero-order valence-electron chi connectivity index (χ0n) is 12.4. The summed E-state index contributed by atoms with van der Waals surface area (Å²) in [4.78, 5) is 0. The summed E-state index contributed by atoms with van der Waals surface area (Å²) in [5.74, 6) is 0.886. The van der Waals surface area contributed by atoms with Gasteiger partial charge in [-0.15, -0.1) is 0 Å². The van der Waals surface area contributed by atoms with Crippen molar-refractivity contribution in [3.8, 4) is 0 Å². The van der Waals surface area contributed by atoms with E-state index in [0.29, 0.717) is 0 Å². The molecule has 2 N–H and O–H groups in total. The Bertz CT molecular complexity index is 354. The number of hydrogen-bond donors (Lipinski definition) is 1. The first-order chi connectivity index (χ1) is 9.18. The smallest absolute Gasteiger partial charge is 0.0310 e. The van der Waals surface area contributed by atoms with E-state index in [-0.39, 0.29) is 5.41 Å². The van der Waals surface area contributed by atoms with Crippen LogP contribution in [0.2, 0.25) is 0 Å². The van der Waals surface area contributed by atoms with Gasteiger partial charge in [-0.3, -0.25) is 0 Å². The summed E-state index contributed by atoms with van der Waals surface area (Å²) in [7, 11) is 0. The zero-order chi connectivity index (χ0) is 13.6. The standard InChI is InChI=1S/C18H29N/c1-18(13-8-11-17(19)12-14-18)15-16-9-6-4-2-3-5-7-10-16/h8,11-14,16H,2-7,9-10,15,19H2,1H3. The van der Waals surface area contributed by atoms with Gasteiger partial charge in [0.1, 0.15) is 0 Å². The minimum absolute atomic E-state index is 0.191. The van der Waals surface area contributed by atoms with Crippen LogP contribution in [-0.4, -0.2) is 0 Å². The van der Waals surface area contributed by atoms with Crippen LogP contribution in [0.4, 0.5) is 0 Å². The lowest BCUT2D eigenvalue weighted by Crippen LogP contribution is -2.16. The fourth-order valence-electron chi connectivity index (χ4n) is 3.46. The summed E-state index contributed by atoms with van der Waals surface area (Å²) >= 11 is 0. The third-order valence-corrected chi connectivity index (χ3v) is 4.63. The number of allylic oxidation sites excluding steroid dienone is 5. The molecular formula is C18H29N. The van der Waals surface area contributed by atoms with Crippen LogP contribution in [0.1, 0.15) is 64.7 Å². The highest BCUT2D eigenvalue weighted by Crippen LogP contribution is 2.36. The van der Waals surface area contributed by atoms with Gasteiger partial charge in [0, 0.05) is 11.1 Å². The van der Waals surface area contributed by atoms with Crippen LogP contribution < -0.4 is 5.73 Å². The fourth-order valence-corrected chi connectivity index (χ4v) is 3.46. The van der Waals surface area contributed by atoms with Crippen molar-refractivity contribution in [2.45, 2.75) is 64.7 Å². The van der Waals surface area contributed by atoms with E-state index in [2.05, 4.69) is 31.2 Å². The molecule has 0 heterocycles. The molecule has 2 rings (SSSR count). The van der Waals surface area contributed by atoms with Crippen LogP contribution in [0, 0.1) is 11.3 Å². The molecule has 2 aliphatic rings. The Balaban J connectivity index is 1.96. The van der Waals surface area contributed by atoms with Crippen molar-refractivity contribution in [1.29, 1.82) is 0 Å². The van der Waals surface area contributed by atoms with Gasteiger partial charge in [-0.2, -0.15) is 0 Å². The minimum Gasteiger partial charge on any atom is -0.399 e. The highest BCUT2D eigenvalue weighted by molar-refractivity contribution is 5.29. The van der Waals surface area contributed by atoms with E-state index in [1.807, 2.05) is 6.08 Å². The molecule has 0 bridgehead atoms. The van der Waals surface area contributed by atoms with Gasteiger partial charge in [0.05, 0.1) is 0 Å². The molecule has 0 aromatic carbocycles. The second-order valence-corrected chi connectivity index (χ2v) is 6.63. The number of nitrogens with two attached hydrogens (primary N) is 1. The van der Waals surface area contributed by atoms with Crippen molar-refractivity contribution in [1.82, 2.24) is 0 Å². The molecule has 0 spiro atoms. The second kappa shape index (κ2) is 6.98. The van der Waals surface area contributed by atoms with Crippen molar-refractivity contribution in [2.24, 2.45) is 17.1 Å². The molecule has 0 saturated heterocycles. The lowest BCUT2D eigenvalue weighted by molar-refractivity contribution is 0.320. The Morgan fingerprint density at radius 1 is 1.05 bits per heavy atom. The molecule has 1 fully saturated rings. The predicted octanol–water partition coefficient (Wildman–Crippen LogP) is 5.10. The van der Waals surface area contributed by atoms with Gasteiger partial charge in [0.25, 0.3) is 0 Å². The van der Waals surface area contributed by atoms with Crippen LogP contribution in [0.5, 0.6) is 0 Å². The third kappa shape index (κ3) is 4.89. The Labute approximate surface area is 118 Å². The third-order valence-electron chi connectivity index (χ3n) is 4.63. The van der Waals surface area contributed by atoms with Crippen molar-refractivity contribution in [3.05, 3.63) is 36.1 Å². The van der Waals surface area contributed by atoms with Crippen molar-refractivity contribution in [3.63, 3.8) is 0 Å². The Morgan fingerprint density at radius 3 is 2.37 bits per heavy atom. The molecule has 1 heteroatoms. The molecule has 0 radical (unpaired) electrons. The monoisotopic (exact) mass is 259 g/mol. The first-order valence-corrected chi connectivity index (χ1v) is 8.02. The lowest BCUT2D eigenvalue weighted by atomic mass is 9.77. The largest absolute Gasteiger partial charge is 0.399 e. The normalized spacial score (nSPS) is 30.1. The average molecular weight is 259 g/mol. The fraction of sp³-hybridized carbons (Fsp3) is 0.667. The molecule has 0 aliphatic heterocycles. The van der Waals surface area contributed by atoms with E-state index in [1.165, 1.54) is 57.8 Å². The summed E-state index contributed by atoms with van der Waals surface area (Å²) in [6.45, 7) is 2.35. The Hall–Kier alpha value is -0.980. The Morgan fingerprint density at radius 2 is 1.68 bits per heavy atom. The summed E-state index contributed by atoms with van der Waals surface area (Å²) in [5.41, 5.74) is 6.94. The van der Waals surface area contributed by atoms with Crippen LogP contribution in [0.15, 0.2) is 36.1 Å². The molecule has 0 amide bonds. The molecule has 0 aromatic heterocycles. The summed E-state index contributed by atoms with van der Waals surface area (Å²) < 4.78 is 0. The second-order valence-electron chi connectivity index (χ2n) is 6.63. The van der Waals surface area contributed by atoms with Gasteiger partial charge in [-0.25, -0.2) is 0 Å². The molecule has 1 unspecified atom stereocenters. The van der Waals surface area contributed by atoms with E-state index < -0.39 is 0 Å². The van der Waals surface area contributed by atoms with Crippen LogP contribution >= 0.6 is 0 Å². The van der Waals surface area contributed by atoms with Crippen LogP contribution in [0.3, 0.4) is 0 Å². The molecular weight excluding hydrogens is 230 g/mol. The van der Waals surface area contributed by atoms with Crippen LogP contribution in [-0.2, 0) is 0 Å². The quantitative estimate of drug-likeness (QED) is 0.733. The number of rotatable bonds is 2. The number of hydrogen-bond acceptors (Lipinski definition) is 1. The van der Waals surface area contributed by atoms with Gasteiger partial charge in [-0.05, 0) is 24.5 Å². The maximum absolute atomic E-state index is 5.88. The first kappa shape index (κ1) is 14.4. The minimum atomic E-state index is 0.191. The first-order valence-electron chi connectivity index (χ1n) is 8.02. The van der Waals surface area contributed by atoms with E-state index in [0.717, 1.165) is 11.6 Å². The van der Waals surface area contributed by atoms with Gasteiger partial charge < -0.3 is 5.73 Å². The summed E-state index contributed by atoms with van der Waals surface area (Å²) in [6, 6.07) is 0. The molecule has 106 valence electrons. The summed E-state index contributed by atoms with van der Waals surface area (Å²) in [5, 5.41) is 0. The molecule has 1 nitrogen and oxygen atoms in total. The summed E-state index contributed by atoms with van der Waals surface area (Å²) in [6.07, 6.45) is 23.6. The van der Waals surface area contributed by atoms with Crippen LogP contribution in [0.25, 0.3) is 0 Å². The van der Waals surface area contributed by atoms with Gasteiger partial charge in [-0.1, -0.05) is 76.5 Å². The van der Waals surface area contributed by atoms with Gasteiger partial charge >= 0.3 is 0 Å². The van der Waals surface area contributed by atoms with E-state index in [1.54, 1.807) is 0 Å². The maximum Gasteiger partial charge on any atom is 0.0310 e. The van der Waals surface area contributed by atoms with E-state index in [9.17, 15) is 0 Å². The highest BCUT2D eigenvalue weighted by Gasteiger charge is 2.23. The van der Waals surface area contributed by atoms with Gasteiger partial charge in [0.2, 0.25) is 0 Å². The lowest BCUT2D eigenvalue weighted by Gasteiger charge is -2.28. The van der Waals surface area contributed by atoms with E-state index in [4.69, 9.17) is 5.73 Å². The van der Waals surface area contributed by atoms with Crippen molar-refractivity contribution >= 4 is 0 Å². The topological polar surface area (TPSA) is 26.0 Å². The van der Waals surface area contributed by atoms with Gasteiger partial charge in [0.15, 0.2) is 0 Å². The zero-order valence-corrected chi connectivity index (χ0v) is 12.4.